The van der Waals surface area contributed by atoms with E-state index in [-0.39, 0.29) is 6.71 Å². The summed E-state index contributed by atoms with van der Waals surface area (Å²) in [4.78, 5) is 0. The minimum atomic E-state index is -0.00693. The molecule has 0 N–H and O–H groups in total. The van der Waals surface area contributed by atoms with Crippen LogP contribution in [-0.4, -0.2) is 11.3 Å². The molecule has 4 aromatic carbocycles. The molecule has 0 saturated carbocycles. The van der Waals surface area contributed by atoms with Gasteiger partial charge in [-0.2, -0.15) is 5.26 Å². The highest BCUT2D eigenvalue weighted by molar-refractivity contribution is 7.00. The number of hydrogen-bond acceptors (Lipinski definition) is 3. The van der Waals surface area contributed by atoms with E-state index in [1.165, 1.54) is 21.8 Å². The van der Waals surface area contributed by atoms with Crippen molar-refractivity contribution < 1.29 is 9.47 Å². The number of benzene rings is 4. The summed E-state index contributed by atoms with van der Waals surface area (Å²) in [6.45, 7) is -0.00693. The van der Waals surface area contributed by atoms with Crippen LogP contribution in [0.3, 0.4) is 0 Å². The van der Waals surface area contributed by atoms with E-state index in [2.05, 4.69) is 53.1 Å². The molecule has 3 aliphatic heterocycles. The zero-order valence-corrected chi connectivity index (χ0v) is 15.6. The van der Waals surface area contributed by atoms with E-state index in [4.69, 9.17) is 9.47 Å². The molecule has 0 radical (unpaired) electrons. The number of nitriles is 1. The van der Waals surface area contributed by atoms with Crippen molar-refractivity contribution in [1.29, 1.82) is 5.26 Å². The van der Waals surface area contributed by atoms with Gasteiger partial charge < -0.3 is 14.0 Å². The maximum atomic E-state index is 9.71. The fraction of sp³-hybridized carbons (Fsp3) is 0. The largest absolute Gasteiger partial charge is 0.458 e. The van der Waals surface area contributed by atoms with Crippen molar-refractivity contribution in [2.45, 2.75) is 0 Å². The predicted octanol–water partition coefficient (Wildman–Crippen LogP) is 3.70. The molecule has 30 heavy (non-hydrogen) atoms. The maximum absolute atomic E-state index is 9.71. The number of hydrogen-bond donors (Lipinski definition) is 0. The molecule has 4 heterocycles. The van der Waals surface area contributed by atoms with E-state index < -0.39 is 0 Å². The quantitative estimate of drug-likeness (QED) is 0.376. The normalized spacial score (nSPS) is 13.8. The summed E-state index contributed by atoms with van der Waals surface area (Å²) in [5, 5.41) is 12.2. The van der Waals surface area contributed by atoms with E-state index in [0.717, 1.165) is 39.3 Å². The molecule has 0 unspecified atom stereocenters. The highest BCUT2D eigenvalue weighted by Gasteiger charge is 2.46. The fourth-order valence-corrected chi connectivity index (χ4v) is 5.59. The lowest BCUT2D eigenvalue weighted by molar-refractivity contribution is 0.463. The number of nitrogens with zero attached hydrogens (tertiary/aromatic N) is 2. The van der Waals surface area contributed by atoms with Gasteiger partial charge in [0.2, 0.25) is 0 Å². The number of para-hydroxylation sites is 1. The van der Waals surface area contributed by atoms with Crippen molar-refractivity contribution in [3.63, 3.8) is 0 Å². The van der Waals surface area contributed by atoms with Crippen LogP contribution in [0.4, 0.5) is 0 Å². The third-order valence-electron chi connectivity index (χ3n) is 6.69. The van der Waals surface area contributed by atoms with E-state index in [1.807, 2.05) is 18.2 Å². The molecule has 1 aromatic heterocycles. The first kappa shape index (κ1) is 14.8. The van der Waals surface area contributed by atoms with Crippen molar-refractivity contribution in [2.24, 2.45) is 0 Å². The van der Waals surface area contributed by atoms with Gasteiger partial charge >= 0.3 is 0 Å². The zero-order valence-electron chi connectivity index (χ0n) is 15.6. The monoisotopic (exact) mass is 382 g/mol. The van der Waals surface area contributed by atoms with Crippen molar-refractivity contribution >= 4 is 44.9 Å². The second-order valence-electron chi connectivity index (χ2n) is 8.02. The Kier molecular flexibility index (Phi) is 2.31. The van der Waals surface area contributed by atoms with Gasteiger partial charge in [0, 0.05) is 21.9 Å². The topological polar surface area (TPSA) is 47.2 Å². The van der Waals surface area contributed by atoms with Crippen molar-refractivity contribution in [2.75, 3.05) is 0 Å². The third-order valence-corrected chi connectivity index (χ3v) is 6.69. The van der Waals surface area contributed by atoms with Crippen molar-refractivity contribution in [1.82, 2.24) is 4.57 Å². The zero-order chi connectivity index (χ0) is 19.6. The second-order valence-corrected chi connectivity index (χ2v) is 8.02. The average molecular weight is 382 g/mol. The Morgan fingerprint density at radius 1 is 0.733 bits per heavy atom. The molecular formula is C25H11BN2O2. The van der Waals surface area contributed by atoms with Crippen molar-refractivity contribution in [3.05, 3.63) is 72.3 Å². The Labute approximate surface area is 171 Å². The van der Waals surface area contributed by atoms with Gasteiger partial charge in [0.15, 0.2) is 0 Å². The Balaban J connectivity index is 1.67. The second kappa shape index (κ2) is 4.69. The SMILES string of the molecule is N#Cc1ccc2c3c1Oc1cccc4c1B3c1c(ccc3c5ccccc5n-4c13)O2. The minimum absolute atomic E-state index is 0.00693. The molecule has 0 fully saturated rings. The van der Waals surface area contributed by atoms with Crippen LogP contribution < -0.4 is 25.9 Å². The Hall–Kier alpha value is -4.17. The van der Waals surface area contributed by atoms with E-state index in [9.17, 15) is 5.26 Å². The number of ether oxygens (including phenoxy) is 2. The van der Waals surface area contributed by atoms with Crippen LogP contribution in [0, 0.1) is 11.3 Å². The van der Waals surface area contributed by atoms with Gasteiger partial charge in [-0.3, -0.25) is 0 Å². The smallest absolute Gasteiger partial charge is 0.266 e. The Bertz CT molecular complexity index is 1680. The first-order valence-electron chi connectivity index (χ1n) is 9.97. The van der Waals surface area contributed by atoms with Crippen molar-refractivity contribution in [3.8, 4) is 34.8 Å². The highest BCUT2D eigenvalue weighted by atomic mass is 16.5. The molecule has 0 atom stereocenters. The summed E-state index contributed by atoms with van der Waals surface area (Å²) in [6.07, 6.45) is 0. The molecule has 0 amide bonds. The summed E-state index contributed by atoms with van der Waals surface area (Å²) in [5.74, 6) is 3.08. The minimum Gasteiger partial charge on any atom is -0.458 e. The van der Waals surface area contributed by atoms with Crippen LogP contribution in [0.25, 0.3) is 27.5 Å². The van der Waals surface area contributed by atoms with Gasteiger partial charge in [0.1, 0.15) is 29.1 Å². The molecule has 0 saturated heterocycles. The number of fused-ring (bicyclic) bond motifs is 4. The van der Waals surface area contributed by atoms with Crippen LogP contribution in [-0.2, 0) is 0 Å². The van der Waals surface area contributed by atoms with E-state index >= 15 is 0 Å². The molecule has 5 aromatic rings. The van der Waals surface area contributed by atoms with Crippen LogP contribution in [0.15, 0.2) is 66.7 Å². The number of aromatic nitrogens is 1. The number of rotatable bonds is 0. The molecule has 0 bridgehead atoms. The van der Waals surface area contributed by atoms with E-state index in [1.54, 1.807) is 6.07 Å². The molecular weight excluding hydrogens is 371 g/mol. The molecule has 5 heteroatoms. The first-order valence-corrected chi connectivity index (χ1v) is 9.97. The fourth-order valence-electron chi connectivity index (χ4n) is 5.59. The third kappa shape index (κ3) is 1.44. The lowest BCUT2D eigenvalue weighted by Crippen LogP contribution is -2.60. The molecule has 3 aliphatic rings. The molecule has 8 rings (SSSR count). The molecule has 136 valence electrons. The maximum Gasteiger partial charge on any atom is 0.266 e. The lowest BCUT2D eigenvalue weighted by Gasteiger charge is -2.37. The van der Waals surface area contributed by atoms with Gasteiger partial charge in [-0.1, -0.05) is 24.3 Å². The predicted molar refractivity (Wildman–Crippen MR) is 117 cm³/mol. The lowest BCUT2D eigenvalue weighted by atomic mass is 9.33. The molecule has 4 nitrogen and oxygen atoms in total. The highest BCUT2D eigenvalue weighted by Crippen LogP contribution is 2.43. The Morgan fingerprint density at radius 2 is 1.57 bits per heavy atom. The summed E-state index contributed by atoms with van der Waals surface area (Å²) in [5.41, 5.74) is 7.30. The van der Waals surface area contributed by atoms with Gasteiger partial charge in [0.05, 0.1) is 16.6 Å². The summed E-state index contributed by atoms with van der Waals surface area (Å²) >= 11 is 0. The molecule has 0 aliphatic carbocycles. The summed E-state index contributed by atoms with van der Waals surface area (Å²) in [6, 6.07) is 24.9. The van der Waals surface area contributed by atoms with Crippen LogP contribution in [0.2, 0.25) is 0 Å². The van der Waals surface area contributed by atoms with Gasteiger partial charge in [-0.05, 0) is 53.4 Å². The standard InChI is InChI=1S/C25H11BN2O2/c27-12-13-8-10-20-23-25(13)30-18-7-3-6-17-21(18)26(23)22-19(29-20)11-9-15-14-4-1-2-5-16(14)28(17)24(15)22/h1-11H. The van der Waals surface area contributed by atoms with E-state index in [0.29, 0.717) is 11.3 Å². The Morgan fingerprint density at radius 3 is 2.50 bits per heavy atom. The summed E-state index contributed by atoms with van der Waals surface area (Å²) < 4.78 is 15.0. The van der Waals surface area contributed by atoms with Crippen LogP contribution in [0.5, 0.6) is 23.0 Å². The first-order chi connectivity index (χ1) is 14.8. The van der Waals surface area contributed by atoms with Gasteiger partial charge in [0.25, 0.3) is 6.71 Å². The van der Waals surface area contributed by atoms with Gasteiger partial charge in [-0.15, -0.1) is 0 Å². The van der Waals surface area contributed by atoms with Gasteiger partial charge in [-0.25, -0.2) is 0 Å². The summed E-state index contributed by atoms with van der Waals surface area (Å²) in [7, 11) is 0. The van der Waals surface area contributed by atoms with Crippen LogP contribution in [0.1, 0.15) is 5.56 Å². The molecule has 0 spiro atoms. The average Bonchev–Trinajstić information content (AvgIpc) is 3.13. The van der Waals surface area contributed by atoms with Crippen LogP contribution >= 0.6 is 0 Å².